The number of primary sulfonamides is 1. The highest BCUT2D eigenvalue weighted by Crippen LogP contribution is 2.28. The number of benzene rings is 3. The van der Waals surface area contributed by atoms with Gasteiger partial charge in [0.15, 0.2) is 0 Å². The topological polar surface area (TPSA) is 106 Å². The lowest BCUT2D eigenvalue weighted by atomic mass is 10.0. The number of anilines is 1. The van der Waals surface area contributed by atoms with E-state index < -0.39 is 16.1 Å². The number of amides is 2. The average molecular weight is 381 g/mol. The molecule has 3 aromatic rings. The Morgan fingerprint density at radius 1 is 0.852 bits per heavy atom. The Labute approximate surface area is 158 Å². The van der Waals surface area contributed by atoms with Crippen molar-refractivity contribution in [3.8, 4) is 11.1 Å². The lowest BCUT2D eigenvalue weighted by molar-refractivity contribution is 0.253. The summed E-state index contributed by atoms with van der Waals surface area (Å²) in [6.07, 6.45) is 0. The van der Waals surface area contributed by atoms with Gasteiger partial charge in [0.05, 0.1) is 11.4 Å². The quantitative estimate of drug-likeness (QED) is 0.709. The van der Waals surface area contributed by atoms with Crippen LogP contribution in [0.25, 0.3) is 11.1 Å². The first-order valence-electron chi connectivity index (χ1n) is 8.19. The van der Waals surface area contributed by atoms with Gasteiger partial charge in [0.25, 0.3) is 0 Å². The second-order valence-corrected chi connectivity index (χ2v) is 7.53. The van der Waals surface area contributed by atoms with E-state index in [9.17, 15) is 13.2 Å². The van der Waals surface area contributed by atoms with Crippen LogP contribution in [0.4, 0.5) is 10.5 Å². The van der Waals surface area contributed by atoms with Gasteiger partial charge >= 0.3 is 6.03 Å². The molecule has 0 heterocycles. The van der Waals surface area contributed by atoms with E-state index in [1.54, 1.807) is 42.5 Å². The Balaban J connectivity index is 1.94. The van der Waals surface area contributed by atoms with Gasteiger partial charge < -0.3 is 5.73 Å². The molecule has 0 bridgehead atoms. The molecule has 0 saturated heterocycles. The van der Waals surface area contributed by atoms with Gasteiger partial charge in [0.1, 0.15) is 0 Å². The van der Waals surface area contributed by atoms with Gasteiger partial charge in [-0.3, -0.25) is 4.90 Å². The largest absolute Gasteiger partial charge is 0.351 e. The predicted octanol–water partition coefficient (Wildman–Crippen LogP) is 3.09. The molecule has 27 heavy (non-hydrogen) atoms. The van der Waals surface area contributed by atoms with E-state index in [1.165, 1.54) is 11.0 Å². The summed E-state index contributed by atoms with van der Waals surface area (Å²) in [5.74, 6) is 0. The highest BCUT2D eigenvalue weighted by molar-refractivity contribution is 7.89. The van der Waals surface area contributed by atoms with Gasteiger partial charge in [-0.25, -0.2) is 18.4 Å². The second-order valence-electron chi connectivity index (χ2n) is 6.00. The van der Waals surface area contributed by atoms with E-state index in [-0.39, 0.29) is 4.90 Å². The second kappa shape index (κ2) is 7.61. The Kier molecular flexibility index (Phi) is 5.25. The van der Waals surface area contributed by atoms with Crippen LogP contribution in [-0.2, 0) is 16.6 Å². The molecule has 0 aromatic heterocycles. The highest BCUT2D eigenvalue weighted by atomic mass is 32.2. The first kappa shape index (κ1) is 18.6. The molecule has 138 valence electrons. The molecular formula is C20H19N3O3S. The van der Waals surface area contributed by atoms with Gasteiger partial charge in [-0.15, -0.1) is 0 Å². The van der Waals surface area contributed by atoms with E-state index in [1.807, 2.05) is 30.3 Å². The fourth-order valence-corrected chi connectivity index (χ4v) is 3.60. The maximum Gasteiger partial charge on any atom is 0.319 e. The molecule has 0 aliphatic carbocycles. The predicted molar refractivity (Wildman–Crippen MR) is 105 cm³/mol. The van der Waals surface area contributed by atoms with Crippen molar-refractivity contribution in [3.05, 3.63) is 84.4 Å². The van der Waals surface area contributed by atoms with Crippen LogP contribution in [0.15, 0.2) is 83.8 Å². The summed E-state index contributed by atoms with van der Waals surface area (Å²) < 4.78 is 23.6. The Morgan fingerprint density at radius 3 is 2.04 bits per heavy atom. The zero-order valence-electron chi connectivity index (χ0n) is 14.4. The summed E-state index contributed by atoms with van der Waals surface area (Å²) >= 11 is 0. The first-order valence-corrected chi connectivity index (χ1v) is 9.74. The van der Waals surface area contributed by atoms with Crippen LogP contribution >= 0.6 is 0 Å². The minimum absolute atomic E-state index is 0.0498. The lowest BCUT2D eigenvalue weighted by Crippen LogP contribution is -2.35. The highest BCUT2D eigenvalue weighted by Gasteiger charge is 2.16. The number of nitrogens with zero attached hydrogens (tertiary/aromatic N) is 1. The number of hydrogen-bond acceptors (Lipinski definition) is 3. The summed E-state index contributed by atoms with van der Waals surface area (Å²) in [4.78, 5) is 13.4. The van der Waals surface area contributed by atoms with Crippen molar-refractivity contribution in [1.29, 1.82) is 0 Å². The van der Waals surface area contributed by atoms with Gasteiger partial charge in [0.2, 0.25) is 10.0 Å². The molecule has 2 amide bonds. The molecule has 0 aliphatic heterocycles. The Bertz CT molecular complexity index is 1050. The molecule has 3 aromatic carbocycles. The minimum atomic E-state index is -3.85. The number of hydrogen-bond donors (Lipinski definition) is 2. The van der Waals surface area contributed by atoms with Crippen LogP contribution in [0.1, 0.15) is 5.56 Å². The first-order chi connectivity index (χ1) is 12.9. The third-order valence-electron chi connectivity index (χ3n) is 4.13. The standard InChI is InChI=1S/C20H19N3O3S/c21-20(24)23(14-15-6-2-1-3-7-15)17-12-10-16(11-13-17)18-8-4-5-9-19(18)27(22,25)26/h1-13H,14H2,(H2,21,24)(H2,22,25,26). The molecule has 7 heteroatoms. The van der Waals surface area contributed by atoms with Crippen LogP contribution < -0.4 is 15.8 Å². The van der Waals surface area contributed by atoms with Gasteiger partial charge in [0, 0.05) is 11.3 Å². The molecule has 0 radical (unpaired) electrons. The normalized spacial score (nSPS) is 11.1. The average Bonchev–Trinajstić information content (AvgIpc) is 2.66. The van der Waals surface area contributed by atoms with Crippen molar-refractivity contribution in [2.45, 2.75) is 11.4 Å². The lowest BCUT2D eigenvalue weighted by Gasteiger charge is -2.21. The maximum atomic E-state index is 11.9. The molecule has 0 spiro atoms. The van der Waals surface area contributed by atoms with E-state index in [0.717, 1.165) is 5.56 Å². The third-order valence-corrected chi connectivity index (χ3v) is 5.10. The maximum absolute atomic E-state index is 11.9. The smallest absolute Gasteiger partial charge is 0.319 e. The number of carbonyl (C=O) groups is 1. The van der Waals surface area contributed by atoms with Gasteiger partial charge in [-0.05, 0) is 29.3 Å². The van der Waals surface area contributed by atoms with Crippen molar-refractivity contribution in [3.63, 3.8) is 0 Å². The van der Waals surface area contributed by atoms with Crippen molar-refractivity contribution in [2.75, 3.05) is 4.90 Å². The molecule has 0 atom stereocenters. The summed E-state index contributed by atoms with van der Waals surface area (Å²) in [5, 5.41) is 5.30. The van der Waals surface area contributed by atoms with Crippen LogP contribution in [0.3, 0.4) is 0 Å². The monoisotopic (exact) mass is 381 g/mol. The van der Waals surface area contributed by atoms with E-state index in [0.29, 0.717) is 23.4 Å². The molecule has 3 rings (SSSR count). The van der Waals surface area contributed by atoms with E-state index >= 15 is 0 Å². The van der Waals surface area contributed by atoms with Crippen molar-refractivity contribution >= 4 is 21.7 Å². The summed E-state index contributed by atoms with van der Waals surface area (Å²) in [6.45, 7) is 0.337. The van der Waals surface area contributed by atoms with Gasteiger partial charge in [-0.2, -0.15) is 0 Å². The Hall–Kier alpha value is -3.16. The van der Waals surface area contributed by atoms with Crippen LogP contribution in [0.2, 0.25) is 0 Å². The molecule has 0 unspecified atom stereocenters. The van der Waals surface area contributed by atoms with E-state index in [2.05, 4.69) is 0 Å². The molecule has 0 aliphatic rings. The van der Waals surface area contributed by atoms with Crippen LogP contribution in [0, 0.1) is 0 Å². The Morgan fingerprint density at radius 2 is 1.44 bits per heavy atom. The summed E-state index contributed by atoms with van der Waals surface area (Å²) in [6, 6.07) is 22.4. The zero-order valence-corrected chi connectivity index (χ0v) is 15.3. The van der Waals surface area contributed by atoms with E-state index in [4.69, 9.17) is 10.9 Å². The number of rotatable bonds is 5. The number of sulfonamides is 1. The fourth-order valence-electron chi connectivity index (χ4n) is 2.84. The van der Waals surface area contributed by atoms with Crippen molar-refractivity contribution in [1.82, 2.24) is 0 Å². The third kappa shape index (κ3) is 4.33. The van der Waals surface area contributed by atoms with Crippen molar-refractivity contribution < 1.29 is 13.2 Å². The number of nitrogens with two attached hydrogens (primary N) is 2. The SMILES string of the molecule is NC(=O)N(Cc1ccccc1)c1ccc(-c2ccccc2S(N)(=O)=O)cc1. The molecule has 0 fully saturated rings. The number of primary amides is 1. The summed E-state index contributed by atoms with van der Waals surface area (Å²) in [7, 11) is -3.85. The molecule has 4 N–H and O–H groups in total. The number of urea groups is 1. The van der Waals surface area contributed by atoms with Gasteiger partial charge in [-0.1, -0.05) is 60.7 Å². The minimum Gasteiger partial charge on any atom is -0.351 e. The number of carbonyl (C=O) groups excluding carboxylic acids is 1. The molecular weight excluding hydrogens is 362 g/mol. The van der Waals surface area contributed by atoms with Crippen LogP contribution in [0.5, 0.6) is 0 Å². The van der Waals surface area contributed by atoms with Crippen molar-refractivity contribution in [2.24, 2.45) is 10.9 Å². The molecule has 6 nitrogen and oxygen atoms in total. The zero-order chi connectivity index (χ0) is 19.4. The summed E-state index contributed by atoms with van der Waals surface area (Å²) in [5.41, 5.74) is 8.27. The molecule has 0 saturated carbocycles. The fraction of sp³-hybridized carbons (Fsp3) is 0.0500. The van der Waals surface area contributed by atoms with Crippen LogP contribution in [-0.4, -0.2) is 14.4 Å².